The summed E-state index contributed by atoms with van der Waals surface area (Å²) < 4.78 is 51.0. The highest BCUT2D eigenvalue weighted by atomic mass is 19.4. The molecule has 0 heterocycles. The van der Waals surface area contributed by atoms with Gasteiger partial charge < -0.3 is 10.2 Å². The van der Waals surface area contributed by atoms with E-state index in [4.69, 9.17) is 0 Å². The summed E-state index contributed by atoms with van der Waals surface area (Å²) in [6.07, 6.45) is -3.37. The Hall–Kier alpha value is -1.30. The molecule has 0 saturated carbocycles. The number of halogens is 4. The molecule has 0 unspecified atom stereocenters. The van der Waals surface area contributed by atoms with Gasteiger partial charge in [-0.1, -0.05) is 6.92 Å². The van der Waals surface area contributed by atoms with E-state index in [0.717, 1.165) is 13.0 Å². The van der Waals surface area contributed by atoms with Gasteiger partial charge in [0.05, 0.1) is 0 Å². The van der Waals surface area contributed by atoms with Gasteiger partial charge in [0.1, 0.15) is 12.4 Å². The van der Waals surface area contributed by atoms with Crippen LogP contribution in [-0.2, 0) is 6.54 Å². The van der Waals surface area contributed by atoms with E-state index < -0.39 is 18.5 Å². The molecule has 0 aromatic heterocycles. The van der Waals surface area contributed by atoms with Gasteiger partial charge in [0.15, 0.2) is 0 Å². The zero-order valence-corrected chi connectivity index (χ0v) is 11.7. The second-order valence-electron chi connectivity index (χ2n) is 4.58. The van der Waals surface area contributed by atoms with Crippen molar-refractivity contribution in [3.8, 4) is 0 Å². The first-order valence-corrected chi connectivity index (χ1v) is 6.68. The Bertz CT molecular complexity index is 418. The lowest BCUT2D eigenvalue weighted by Crippen LogP contribution is -2.35. The average Bonchev–Trinajstić information content (AvgIpc) is 2.36. The average molecular weight is 292 g/mol. The number of alkyl halides is 3. The quantitative estimate of drug-likeness (QED) is 0.609. The molecule has 0 aliphatic carbocycles. The van der Waals surface area contributed by atoms with Crippen molar-refractivity contribution in [3.05, 3.63) is 29.6 Å². The fourth-order valence-corrected chi connectivity index (χ4v) is 1.99. The molecule has 0 bridgehead atoms. The van der Waals surface area contributed by atoms with E-state index in [9.17, 15) is 17.6 Å². The minimum atomic E-state index is -4.28. The number of rotatable bonds is 7. The minimum Gasteiger partial charge on any atom is -0.363 e. The first-order valence-electron chi connectivity index (χ1n) is 6.68. The van der Waals surface area contributed by atoms with Gasteiger partial charge in [0.25, 0.3) is 0 Å². The van der Waals surface area contributed by atoms with Crippen molar-refractivity contribution in [1.29, 1.82) is 0 Å². The zero-order valence-electron chi connectivity index (χ0n) is 11.7. The third kappa shape index (κ3) is 5.36. The Labute approximate surface area is 116 Å². The molecule has 0 aliphatic heterocycles. The molecule has 114 valence electrons. The van der Waals surface area contributed by atoms with Crippen LogP contribution in [0.4, 0.5) is 23.2 Å². The SMILES string of the molecule is CCCNCc1cc(F)ccc1N(CC)CC(F)(F)F. The van der Waals surface area contributed by atoms with Gasteiger partial charge >= 0.3 is 6.18 Å². The normalized spacial score (nSPS) is 11.7. The number of hydrogen-bond donors (Lipinski definition) is 1. The van der Waals surface area contributed by atoms with Gasteiger partial charge in [-0.15, -0.1) is 0 Å². The van der Waals surface area contributed by atoms with Gasteiger partial charge in [-0.05, 0) is 43.7 Å². The topological polar surface area (TPSA) is 15.3 Å². The molecule has 1 aromatic rings. The molecule has 0 saturated heterocycles. The molecule has 1 aromatic carbocycles. The fraction of sp³-hybridized carbons (Fsp3) is 0.571. The summed E-state index contributed by atoms with van der Waals surface area (Å²) in [5, 5.41) is 3.09. The predicted octanol–water partition coefficient (Wildman–Crippen LogP) is 3.71. The van der Waals surface area contributed by atoms with Crippen LogP contribution in [0.25, 0.3) is 0 Å². The maximum atomic E-state index is 13.3. The molecule has 0 aliphatic rings. The van der Waals surface area contributed by atoms with Crippen LogP contribution in [0, 0.1) is 5.82 Å². The Kier molecular flexibility index (Phi) is 6.26. The van der Waals surface area contributed by atoms with E-state index in [1.807, 2.05) is 6.92 Å². The third-order valence-corrected chi connectivity index (χ3v) is 2.88. The molecule has 0 amide bonds. The van der Waals surface area contributed by atoms with Crippen LogP contribution >= 0.6 is 0 Å². The largest absolute Gasteiger partial charge is 0.405 e. The zero-order chi connectivity index (χ0) is 15.2. The molecule has 2 nitrogen and oxygen atoms in total. The van der Waals surface area contributed by atoms with Crippen molar-refractivity contribution in [3.63, 3.8) is 0 Å². The van der Waals surface area contributed by atoms with E-state index in [1.54, 1.807) is 6.92 Å². The van der Waals surface area contributed by atoms with Crippen molar-refractivity contribution in [2.45, 2.75) is 33.0 Å². The molecule has 0 spiro atoms. The summed E-state index contributed by atoms with van der Waals surface area (Å²) in [6.45, 7) is 3.91. The number of hydrogen-bond acceptors (Lipinski definition) is 2. The van der Waals surface area contributed by atoms with Crippen LogP contribution in [0.15, 0.2) is 18.2 Å². The summed E-state index contributed by atoms with van der Waals surface area (Å²) in [6, 6.07) is 3.89. The minimum absolute atomic E-state index is 0.214. The van der Waals surface area contributed by atoms with Crippen LogP contribution in [0.2, 0.25) is 0 Å². The van der Waals surface area contributed by atoms with E-state index in [-0.39, 0.29) is 6.54 Å². The first-order chi connectivity index (χ1) is 9.37. The van der Waals surface area contributed by atoms with Crippen LogP contribution in [0.1, 0.15) is 25.8 Å². The highest BCUT2D eigenvalue weighted by Gasteiger charge is 2.31. The van der Waals surface area contributed by atoms with Crippen molar-refractivity contribution in [2.75, 3.05) is 24.5 Å². The maximum Gasteiger partial charge on any atom is 0.405 e. The van der Waals surface area contributed by atoms with Crippen LogP contribution in [-0.4, -0.2) is 25.8 Å². The van der Waals surface area contributed by atoms with Gasteiger partial charge in [-0.3, -0.25) is 0 Å². The van der Waals surface area contributed by atoms with Gasteiger partial charge in [0, 0.05) is 18.8 Å². The lowest BCUT2D eigenvalue weighted by Gasteiger charge is -2.27. The molecular weight excluding hydrogens is 272 g/mol. The number of anilines is 1. The van der Waals surface area contributed by atoms with Crippen LogP contribution in [0.3, 0.4) is 0 Å². The summed E-state index contributed by atoms with van der Waals surface area (Å²) in [5.74, 6) is -0.440. The van der Waals surface area contributed by atoms with Crippen molar-refractivity contribution in [1.82, 2.24) is 5.32 Å². The lowest BCUT2D eigenvalue weighted by atomic mass is 10.1. The second-order valence-corrected chi connectivity index (χ2v) is 4.58. The Morgan fingerprint density at radius 1 is 1.20 bits per heavy atom. The van der Waals surface area contributed by atoms with E-state index in [0.29, 0.717) is 17.8 Å². The molecular formula is C14H20F4N2. The van der Waals surface area contributed by atoms with Crippen molar-refractivity contribution >= 4 is 5.69 Å². The van der Waals surface area contributed by atoms with Crippen LogP contribution < -0.4 is 10.2 Å². The van der Waals surface area contributed by atoms with Gasteiger partial charge in [-0.25, -0.2) is 4.39 Å². The molecule has 1 N–H and O–H groups in total. The number of nitrogens with one attached hydrogen (secondary N) is 1. The number of benzene rings is 1. The predicted molar refractivity (Wildman–Crippen MR) is 72.3 cm³/mol. The third-order valence-electron chi connectivity index (χ3n) is 2.88. The van der Waals surface area contributed by atoms with Crippen molar-refractivity contribution < 1.29 is 17.6 Å². The number of nitrogens with zero attached hydrogens (tertiary/aromatic N) is 1. The Morgan fingerprint density at radius 2 is 1.90 bits per heavy atom. The molecule has 0 radical (unpaired) electrons. The smallest absolute Gasteiger partial charge is 0.363 e. The van der Waals surface area contributed by atoms with Crippen molar-refractivity contribution in [2.24, 2.45) is 0 Å². The standard InChI is InChI=1S/C14H20F4N2/c1-3-7-19-9-11-8-12(15)5-6-13(11)20(4-2)10-14(16,17)18/h5-6,8,19H,3-4,7,9-10H2,1-2H3. The summed E-state index contributed by atoms with van der Waals surface area (Å²) in [4.78, 5) is 1.21. The molecule has 0 fully saturated rings. The van der Waals surface area contributed by atoms with E-state index >= 15 is 0 Å². The first kappa shape index (κ1) is 16.8. The molecule has 1 rings (SSSR count). The lowest BCUT2D eigenvalue weighted by molar-refractivity contribution is -0.119. The highest BCUT2D eigenvalue weighted by Crippen LogP contribution is 2.26. The van der Waals surface area contributed by atoms with E-state index in [2.05, 4.69) is 5.32 Å². The summed E-state index contributed by atoms with van der Waals surface area (Å²) in [5.41, 5.74) is 0.972. The maximum absolute atomic E-state index is 13.3. The molecule has 6 heteroatoms. The second kappa shape index (κ2) is 7.47. The molecule has 0 atom stereocenters. The highest BCUT2D eigenvalue weighted by molar-refractivity contribution is 5.54. The monoisotopic (exact) mass is 292 g/mol. The fourth-order valence-electron chi connectivity index (χ4n) is 1.99. The summed E-state index contributed by atoms with van der Waals surface area (Å²) >= 11 is 0. The van der Waals surface area contributed by atoms with Gasteiger partial charge in [-0.2, -0.15) is 13.2 Å². The Balaban J connectivity index is 2.95. The van der Waals surface area contributed by atoms with E-state index in [1.165, 1.54) is 23.1 Å². The molecule has 20 heavy (non-hydrogen) atoms. The summed E-state index contributed by atoms with van der Waals surface area (Å²) in [7, 11) is 0. The van der Waals surface area contributed by atoms with Gasteiger partial charge in [0.2, 0.25) is 0 Å². The Morgan fingerprint density at radius 3 is 2.45 bits per heavy atom. The van der Waals surface area contributed by atoms with Crippen LogP contribution in [0.5, 0.6) is 0 Å².